The largest absolute Gasteiger partial charge is 0.396 e. The van der Waals surface area contributed by atoms with Crippen molar-refractivity contribution in [2.45, 2.75) is 19.3 Å². The van der Waals surface area contributed by atoms with Crippen molar-refractivity contribution >= 4 is 27.6 Å². The predicted octanol–water partition coefficient (Wildman–Crippen LogP) is 1.12. The smallest absolute Gasteiger partial charge is 0.159 e. The number of anilines is 2. The van der Waals surface area contributed by atoms with Gasteiger partial charge in [0.15, 0.2) is 5.82 Å². The molecule has 1 heterocycles. The molecule has 0 radical (unpaired) electrons. The Morgan fingerprint density at radius 2 is 2.18 bits per heavy atom. The van der Waals surface area contributed by atoms with Gasteiger partial charge < -0.3 is 15.4 Å². The molecule has 4 N–H and O–H groups in total. The van der Waals surface area contributed by atoms with Crippen LogP contribution < -0.4 is 16.2 Å². The quantitative estimate of drug-likeness (QED) is 0.397. The minimum Gasteiger partial charge on any atom is -0.396 e. The zero-order valence-corrected chi connectivity index (χ0v) is 11.4. The third kappa shape index (κ3) is 4.10. The summed E-state index contributed by atoms with van der Waals surface area (Å²) in [7, 11) is 1.96. The molecule has 0 fully saturated rings. The molecule has 0 aliphatic heterocycles. The summed E-state index contributed by atoms with van der Waals surface area (Å²) in [5, 5.41) is 8.70. The molecule has 1 rings (SSSR count). The average molecular weight is 304 g/mol. The predicted molar refractivity (Wildman–Crippen MR) is 71.7 cm³/mol. The molecule has 0 saturated carbocycles. The van der Waals surface area contributed by atoms with Crippen LogP contribution in [0.15, 0.2) is 10.8 Å². The molecular weight excluding hydrogens is 286 g/mol. The Morgan fingerprint density at radius 1 is 1.41 bits per heavy atom. The zero-order valence-electron chi connectivity index (χ0n) is 9.86. The van der Waals surface area contributed by atoms with Gasteiger partial charge in [-0.2, -0.15) is 0 Å². The van der Waals surface area contributed by atoms with Gasteiger partial charge in [0.05, 0.1) is 0 Å². The maximum Gasteiger partial charge on any atom is 0.159 e. The van der Waals surface area contributed by atoms with Gasteiger partial charge in [-0.15, -0.1) is 0 Å². The Labute approximate surface area is 109 Å². The number of aliphatic hydroxyl groups excluding tert-OH is 1. The number of unbranched alkanes of at least 4 members (excludes halogenated alkanes) is 2. The van der Waals surface area contributed by atoms with Crippen LogP contribution in [-0.4, -0.2) is 35.3 Å². The highest BCUT2D eigenvalue weighted by atomic mass is 79.9. The van der Waals surface area contributed by atoms with Crippen molar-refractivity contribution in [1.29, 1.82) is 0 Å². The van der Waals surface area contributed by atoms with E-state index in [9.17, 15) is 0 Å². The maximum atomic E-state index is 8.70. The van der Waals surface area contributed by atoms with Crippen molar-refractivity contribution in [3.63, 3.8) is 0 Å². The monoisotopic (exact) mass is 303 g/mol. The fourth-order valence-corrected chi connectivity index (χ4v) is 2.09. The lowest BCUT2D eigenvalue weighted by molar-refractivity contribution is 0.283. The van der Waals surface area contributed by atoms with Crippen LogP contribution in [0.1, 0.15) is 19.3 Å². The van der Waals surface area contributed by atoms with Gasteiger partial charge in [-0.25, -0.2) is 15.8 Å². The van der Waals surface area contributed by atoms with Gasteiger partial charge in [0.2, 0.25) is 0 Å². The summed E-state index contributed by atoms with van der Waals surface area (Å²) in [6, 6.07) is 0. The first-order valence-corrected chi connectivity index (χ1v) is 6.29. The number of aliphatic hydroxyl groups is 1. The van der Waals surface area contributed by atoms with E-state index < -0.39 is 0 Å². The van der Waals surface area contributed by atoms with Crippen LogP contribution in [0, 0.1) is 0 Å². The van der Waals surface area contributed by atoms with Crippen LogP contribution in [-0.2, 0) is 0 Å². The summed E-state index contributed by atoms with van der Waals surface area (Å²) in [6.07, 6.45) is 4.33. The number of aromatic nitrogens is 2. The highest BCUT2D eigenvalue weighted by molar-refractivity contribution is 9.10. The first-order chi connectivity index (χ1) is 8.20. The van der Waals surface area contributed by atoms with Gasteiger partial charge in [-0.05, 0) is 35.2 Å². The highest BCUT2D eigenvalue weighted by Crippen LogP contribution is 2.28. The molecule has 1 aromatic heterocycles. The number of nitrogens with two attached hydrogens (primary N) is 1. The molecule has 0 aliphatic carbocycles. The molecule has 0 bridgehead atoms. The summed E-state index contributed by atoms with van der Waals surface area (Å²) >= 11 is 3.42. The summed E-state index contributed by atoms with van der Waals surface area (Å²) in [4.78, 5) is 10.2. The van der Waals surface area contributed by atoms with Crippen molar-refractivity contribution in [3.8, 4) is 0 Å². The van der Waals surface area contributed by atoms with Gasteiger partial charge >= 0.3 is 0 Å². The van der Waals surface area contributed by atoms with Crippen LogP contribution in [0.4, 0.5) is 11.6 Å². The van der Waals surface area contributed by atoms with E-state index in [4.69, 9.17) is 10.9 Å². The lowest BCUT2D eigenvalue weighted by Crippen LogP contribution is -2.21. The van der Waals surface area contributed by atoms with Crippen molar-refractivity contribution in [3.05, 3.63) is 10.8 Å². The van der Waals surface area contributed by atoms with E-state index in [-0.39, 0.29) is 6.61 Å². The molecule has 0 unspecified atom stereocenters. The van der Waals surface area contributed by atoms with E-state index in [1.54, 1.807) is 0 Å². The minimum atomic E-state index is 0.252. The number of halogens is 1. The van der Waals surface area contributed by atoms with Gasteiger partial charge in [-0.3, -0.25) is 0 Å². The first kappa shape index (κ1) is 14.1. The van der Waals surface area contributed by atoms with Crippen LogP contribution in [0.25, 0.3) is 0 Å². The number of hydrazine groups is 1. The molecule has 0 atom stereocenters. The molecule has 0 spiro atoms. The number of rotatable bonds is 7. The highest BCUT2D eigenvalue weighted by Gasteiger charge is 2.11. The SMILES string of the molecule is CN(CCCCCO)c1ncnc(NN)c1Br. The van der Waals surface area contributed by atoms with Crippen molar-refractivity contribution in [2.24, 2.45) is 5.84 Å². The van der Waals surface area contributed by atoms with Crippen molar-refractivity contribution in [1.82, 2.24) is 9.97 Å². The van der Waals surface area contributed by atoms with E-state index in [2.05, 4.69) is 31.3 Å². The molecule has 6 nitrogen and oxygen atoms in total. The number of nitrogens with zero attached hydrogens (tertiary/aromatic N) is 3. The molecule has 0 aromatic carbocycles. The van der Waals surface area contributed by atoms with Gasteiger partial charge in [0, 0.05) is 20.2 Å². The zero-order chi connectivity index (χ0) is 12.7. The van der Waals surface area contributed by atoms with Crippen LogP contribution in [0.2, 0.25) is 0 Å². The van der Waals surface area contributed by atoms with Gasteiger partial charge in [0.1, 0.15) is 16.6 Å². The lowest BCUT2D eigenvalue weighted by Gasteiger charge is -2.19. The second-order valence-corrected chi connectivity index (χ2v) is 4.50. The van der Waals surface area contributed by atoms with Crippen molar-refractivity contribution in [2.75, 3.05) is 30.5 Å². The number of nitrogen functional groups attached to an aromatic ring is 1. The van der Waals surface area contributed by atoms with Gasteiger partial charge in [0.25, 0.3) is 0 Å². The normalized spacial score (nSPS) is 10.4. The maximum absolute atomic E-state index is 8.70. The third-order valence-electron chi connectivity index (χ3n) is 2.42. The number of nitrogens with one attached hydrogen (secondary N) is 1. The molecule has 1 aromatic rings. The van der Waals surface area contributed by atoms with Crippen LogP contribution >= 0.6 is 15.9 Å². The topological polar surface area (TPSA) is 87.3 Å². The van der Waals surface area contributed by atoms with Gasteiger partial charge in [-0.1, -0.05) is 0 Å². The number of hydrogen-bond acceptors (Lipinski definition) is 6. The van der Waals surface area contributed by atoms with E-state index >= 15 is 0 Å². The van der Waals surface area contributed by atoms with E-state index in [1.807, 2.05) is 11.9 Å². The Balaban J connectivity index is 2.59. The second-order valence-electron chi connectivity index (χ2n) is 3.71. The molecule has 17 heavy (non-hydrogen) atoms. The molecular formula is C10H18BrN5O. The third-order valence-corrected chi connectivity index (χ3v) is 3.15. The molecule has 0 aliphatic rings. The standard InChI is InChI=1S/C10H18BrN5O/c1-16(5-3-2-4-6-17)10-8(11)9(15-12)13-7-14-10/h7,17H,2-6,12H2,1H3,(H,13,14,15). The average Bonchev–Trinajstić information content (AvgIpc) is 2.34. The van der Waals surface area contributed by atoms with Crippen molar-refractivity contribution < 1.29 is 5.11 Å². The minimum absolute atomic E-state index is 0.252. The fraction of sp³-hybridized carbons (Fsp3) is 0.600. The second kappa shape index (κ2) is 7.41. The van der Waals surface area contributed by atoms with E-state index in [1.165, 1.54) is 6.33 Å². The molecule has 0 amide bonds. The summed E-state index contributed by atoms with van der Waals surface area (Å²) in [5.41, 5.74) is 2.51. The van der Waals surface area contributed by atoms with Crippen LogP contribution in [0.5, 0.6) is 0 Å². The Morgan fingerprint density at radius 3 is 2.82 bits per heavy atom. The fourth-order valence-electron chi connectivity index (χ4n) is 1.47. The molecule has 0 saturated heterocycles. The lowest BCUT2D eigenvalue weighted by atomic mass is 10.2. The summed E-state index contributed by atoms with van der Waals surface area (Å²) in [5.74, 6) is 6.71. The molecule has 7 heteroatoms. The summed E-state index contributed by atoms with van der Waals surface area (Å²) < 4.78 is 0.757. The van der Waals surface area contributed by atoms with Crippen LogP contribution in [0.3, 0.4) is 0 Å². The Bertz CT molecular complexity index is 349. The first-order valence-electron chi connectivity index (χ1n) is 5.49. The Hall–Kier alpha value is -0.920. The van der Waals surface area contributed by atoms with E-state index in [0.29, 0.717) is 5.82 Å². The molecule has 96 valence electrons. The summed E-state index contributed by atoms with van der Waals surface area (Å²) in [6.45, 7) is 1.13. The Kier molecular flexibility index (Phi) is 6.17. The van der Waals surface area contributed by atoms with E-state index in [0.717, 1.165) is 36.1 Å². The number of hydrogen-bond donors (Lipinski definition) is 3.